The molecule has 0 saturated heterocycles. The van der Waals surface area contributed by atoms with Gasteiger partial charge in [0, 0.05) is 6.54 Å². The number of aryl methyl sites for hydroxylation is 1. The number of hydrogen-bond acceptors (Lipinski definition) is 4. The lowest BCUT2D eigenvalue weighted by Gasteiger charge is -2.14. The topological polar surface area (TPSA) is 51.0 Å². The van der Waals surface area contributed by atoms with Crippen molar-refractivity contribution in [3.8, 4) is 11.4 Å². The van der Waals surface area contributed by atoms with Gasteiger partial charge in [-0.25, -0.2) is 9.97 Å². The summed E-state index contributed by atoms with van der Waals surface area (Å²) < 4.78 is 6.28. The molecule has 5 heteroatoms. The molecule has 0 aromatic carbocycles. The van der Waals surface area contributed by atoms with Crippen molar-refractivity contribution in [1.82, 2.24) is 9.97 Å². The van der Waals surface area contributed by atoms with Crippen LogP contribution in [-0.4, -0.2) is 16.5 Å². The van der Waals surface area contributed by atoms with Crippen LogP contribution in [0.4, 0.5) is 5.82 Å². The van der Waals surface area contributed by atoms with Crippen LogP contribution >= 0.6 is 15.9 Å². The van der Waals surface area contributed by atoms with Gasteiger partial charge >= 0.3 is 0 Å². The van der Waals surface area contributed by atoms with Crippen LogP contribution < -0.4 is 5.32 Å². The number of aromatic nitrogens is 2. The Morgan fingerprint density at radius 3 is 2.63 bits per heavy atom. The fraction of sp³-hybridized carbons (Fsp3) is 0.429. The maximum absolute atomic E-state index is 5.34. The van der Waals surface area contributed by atoms with E-state index in [1.54, 1.807) is 6.26 Å². The third kappa shape index (κ3) is 2.81. The SMILES string of the molecule is CCNc1nc(-c2ccoc2C)nc(C(C)C)c1Br. The average Bonchev–Trinajstić information content (AvgIpc) is 2.78. The molecule has 4 nitrogen and oxygen atoms in total. The van der Waals surface area contributed by atoms with Crippen molar-refractivity contribution in [3.63, 3.8) is 0 Å². The molecule has 0 fully saturated rings. The fourth-order valence-corrected chi connectivity index (χ4v) is 2.64. The number of nitrogens with one attached hydrogen (secondary N) is 1. The minimum atomic E-state index is 0.320. The predicted octanol–water partition coefficient (Wildman–Crippen LogP) is 4.36. The Balaban J connectivity index is 2.59. The molecule has 0 atom stereocenters. The molecule has 2 aromatic heterocycles. The third-order valence-electron chi connectivity index (χ3n) is 2.87. The van der Waals surface area contributed by atoms with E-state index in [1.165, 1.54) is 0 Å². The quantitative estimate of drug-likeness (QED) is 0.908. The highest BCUT2D eigenvalue weighted by atomic mass is 79.9. The smallest absolute Gasteiger partial charge is 0.165 e. The number of nitrogens with zero attached hydrogens (tertiary/aromatic N) is 2. The van der Waals surface area contributed by atoms with Crippen LogP contribution in [0.5, 0.6) is 0 Å². The summed E-state index contributed by atoms with van der Waals surface area (Å²) in [7, 11) is 0. The largest absolute Gasteiger partial charge is 0.469 e. The zero-order valence-corrected chi connectivity index (χ0v) is 13.2. The number of hydrogen-bond donors (Lipinski definition) is 1. The Kier molecular flexibility index (Phi) is 4.24. The summed E-state index contributed by atoms with van der Waals surface area (Å²) >= 11 is 3.59. The van der Waals surface area contributed by atoms with Gasteiger partial charge in [-0.1, -0.05) is 13.8 Å². The van der Waals surface area contributed by atoms with Crippen LogP contribution in [0.15, 0.2) is 21.2 Å². The van der Waals surface area contributed by atoms with Gasteiger partial charge in [0.1, 0.15) is 11.6 Å². The molecule has 0 bridgehead atoms. The second-order valence-electron chi connectivity index (χ2n) is 4.67. The second-order valence-corrected chi connectivity index (χ2v) is 5.46. The molecule has 2 aromatic rings. The Morgan fingerprint density at radius 1 is 1.37 bits per heavy atom. The summed E-state index contributed by atoms with van der Waals surface area (Å²) in [5.74, 6) is 2.69. The Bertz CT molecular complexity index is 578. The first-order valence-electron chi connectivity index (χ1n) is 6.40. The van der Waals surface area contributed by atoms with Gasteiger partial charge in [-0.3, -0.25) is 0 Å². The summed E-state index contributed by atoms with van der Waals surface area (Å²) in [6.45, 7) is 9.02. The molecule has 2 rings (SSSR count). The van der Waals surface area contributed by atoms with Crippen molar-refractivity contribution >= 4 is 21.7 Å². The van der Waals surface area contributed by atoms with Crippen molar-refractivity contribution < 1.29 is 4.42 Å². The van der Waals surface area contributed by atoms with Crippen LogP contribution in [0.25, 0.3) is 11.4 Å². The fourth-order valence-electron chi connectivity index (χ4n) is 1.87. The maximum atomic E-state index is 5.34. The summed E-state index contributed by atoms with van der Waals surface area (Å²) in [5.41, 5.74) is 1.94. The molecule has 0 aliphatic rings. The Hall–Kier alpha value is -1.36. The van der Waals surface area contributed by atoms with E-state index >= 15 is 0 Å². The zero-order chi connectivity index (χ0) is 14.0. The summed E-state index contributed by atoms with van der Waals surface area (Å²) in [6.07, 6.45) is 1.66. The average molecular weight is 324 g/mol. The lowest BCUT2D eigenvalue weighted by atomic mass is 10.1. The van der Waals surface area contributed by atoms with Gasteiger partial charge in [0.15, 0.2) is 5.82 Å². The van der Waals surface area contributed by atoms with E-state index < -0.39 is 0 Å². The highest BCUT2D eigenvalue weighted by Crippen LogP contribution is 2.32. The molecule has 102 valence electrons. The molecule has 0 unspecified atom stereocenters. The molecule has 0 saturated carbocycles. The van der Waals surface area contributed by atoms with Gasteiger partial charge < -0.3 is 9.73 Å². The summed E-state index contributed by atoms with van der Waals surface area (Å²) in [6, 6.07) is 1.90. The lowest BCUT2D eigenvalue weighted by Crippen LogP contribution is -2.07. The zero-order valence-electron chi connectivity index (χ0n) is 11.6. The first-order valence-corrected chi connectivity index (χ1v) is 7.19. The van der Waals surface area contributed by atoms with Crippen molar-refractivity contribution in [2.45, 2.75) is 33.6 Å². The number of halogens is 1. The van der Waals surface area contributed by atoms with Crippen LogP contribution in [-0.2, 0) is 0 Å². The molecular weight excluding hydrogens is 306 g/mol. The first-order chi connectivity index (χ1) is 9.04. The number of anilines is 1. The van der Waals surface area contributed by atoms with Gasteiger partial charge in [-0.05, 0) is 41.8 Å². The van der Waals surface area contributed by atoms with Crippen molar-refractivity contribution in [2.75, 3.05) is 11.9 Å². The molecule has 0 amide bonds. The van der Waals surface area contributed by atoms with Crippen molar-refractivity contribution in [3.05, 3.63) is 28.3 Å². The Labute approximate surface area is 121 Å². The molecule has 0 aliphatic carbocycles. The molecule has 0 radical (unpaired) electrons. The van der Waals surface area contributed by atoms with Crippen LogP contribution in [0, 0.1) is 6.92 Å². The van der Waals surface area contributed by atoms with Crippen LogP contribution in [0.2, 0.25) is 0 Å². The lowest BCUT2D eigenvalue weighted by molar-refractivity contribution is 0.535. The normalized spacial score (nSPS) is 11.1. The van der Waals surface area contributed by atoms with Gasteiger partial charge in [0.25, 0.3) is 0 Å². The summed E-state index contributed by atoms with van der Waals surface area (Å²) in [5, 5.41) is 3.26. The first kappa shape index (κ1) is 14.1. The van der Waals surface area contributed by atoms with Crippen LogP contribution in [0.1, 0.15) is 38.1 Å². The van der Waals surface area contributed by atoms with Gasteiger partial charge in [0.05, 0.1) is 22.0 Å². The van der Waals surface area contributed by atoms with Crippen LogP contribution in [0.3, 0.4) is 0 Å². The molecule has 1 N–H and O–H groups in total. The molecule has 0 aliphatic heterocycles. The molecule has 19 heavy (non-hydrogen) atoms. The standard InChI is InChI=1S/C14H18BrN3O/c1-5-16-14-11(15)12(8(2)3)17-13(18-14)10-6-7-19-9(10)4/h6-8H,5H2,1-4H3,(H,16,17,18). The third-order valence-corrected chi connectivity index (χ3v) is 3.65. The van der Waals surface area contributed by atoms with E-state index in [4.69, 9.17) is 4.42 Å². The van der Waals surface area contributed by atoms with Gasteiger partial charge in [-0.15, -0.1) is 0 Å². The highest BCUT2D eigenvalue weighted by molar-refractivity contribution is 9.10. The monoisotopic (exact) mass is 323 g/mol. The summed E-state index contributed by atoms with van der Waals surface area (Å²) in [4.78, 5) is 9.24. The van der Waals surface area contributed by atoms with Gasteiger partial charge in [-0.2, -0.15) is 0 Å². The predicted molar refractivity (Wildman–Crippen MR) is 80.4 cm³/mol. The number of furan rings is 1. The van der Waals surface area contributed by atoms with Gasteiger partial charge in [0.2, 0.25) is 0 Å². The van der Waals surface area contributed by atoms with E-state index in [9.17, 15) is 0 Å². The van der Waals surface area contributed by atoms with E-state index in [2.05, 4.69) is 45.1 Å². The molecular formula is C14H18BrN3O. The highest BCUT2D eigenvalue weighted by Gasteiger charge is 2.17. The minimum absolute atomic E-state index is 0.320. The maximum Gasteiger partial charge on any atom is 0.165 e. The van der Waals surface area contributed by atoms with E-state index in [0.29, 0.717) is 11.7 Å². The second kappa shape index (κ2) is 5.74. The molecule has 0 spiro atoms. The van der Waals surface area contributed by atoms with E-state index in [0.717, 1.165) is 33.9 Å². The Morgan fingerprint density at radius 2 is 2.11 bits per heavy atom. The van der Waals surface area contributed by atoms with Crippen molar-refractivity contribution in [1.29, 1.82) is 0 Å². The van der Waals surface area contributed by atoms with E-state index in [1.807, 2.05) is 19.9 Å². The van der Waals surface area contributed by atoms with E-state index in [-0.39, 0.29) is 0 Å². The number of rotatable bonds is 4. The minimum Gasteiger partial charge on any atom is -0.469 e. The van der Waals surface area contributed by atoms with Crippen molar-refractivity contribution in [2.24, 2.45) is 0 Å². The molecule has 2 heterocycles.